The lowest BCUT2D eigenvalue weighted by molar-refractivity contribution is 0.0546. The van der Waals surface area contributed by atoms with E-state index in [4.69, 9.17) is 21.7 Å². The van der Waals surface area contributed by atoms with Crippen LogP contribution in [0.1, 0.15) is 34.6 Å². The highest BCUT2D eigenvalue weighted by Crippen LogP contribution is 2.15. The van der Waals surface area contributed by atoms with Crippen LogP contribution in [0.15, 0.2) is 23.5 Å². The molecule has 0 aliphatic rings. The van der Waals surface area contributed by atoms with Gasteiger partial charge in [-0.15, -0.1) is 0 Å². The lowest BCUT2D eigenvalue weighted by Gasteiger charge is -2.22. The van der Waals surface area contributed by atoms with Gasteiger partial charge in [0, 0.05) is 24.5 Å². The van der Waals surface area contributed by atoms with Crippen LogP contribution in [0.3, 0.4) is 0 Å². The highest BCUT2D eigenvalue weighted by molar-refractivity contribution is 6.28. The Kier molecular flexibility index (Phi) is 6.09. The summed E-state index contributed by atoms with van der Waals surface area (Å²) in [6, 6.07) is 1.64. The number of halogens is 1. The molecule has 0 aliphatic heterocycles. The molecule has 1 heterocycles. The quantitative estimate of drug-likeness (QED) is 0.500. The van der Waals surface area contributed by atoms with Gasteiger partial charge in [0.2, 0.25) is 5.28 Å². The van der Waals surface area contributed by atoms with E-state index in [2.05, 4.69) is 15.3 Å². The highest BCUT2D eigenvalue weighted by atomic mass is 35.5. The summed E-state index contributed by atoms with van der Waals surface area (Å²) >= 11 is 5.76. The lowest BCUT2D eigenvalue weighted by atomic mass is 10.2. The second kappa shape index (κ2) is 7.41. The summed E-state index contributed by atoms with van der Waals surface area (Å²) in [5, 5.41) is 11.0. The first-order valence-corrected chi connectivity index (χ1v) is 7.37. The van der Waals surface area contributed by atoms with Crippen LogP contribution in [-0.2, 0) is 4.74 Å². The van der Waals surface area contributed by atoms with Gasteiger partial charge in [-0.3, -0.25) is 10.7 Å². The zero-order valence-corrected chi connectivity index (χ0v) is 14.9. The number of nitrogens with one attached hydrogen (secondary N) is 2. The normalized spacial score (nSPS) is 12.3. The number of alkyl carbamates (subject to hydrolysis) is 1. The number of allylic oxidation sites excluding steroid dienone is 1. The van der Waals surface area contributed by atoms with Crippen molar-refractivity contribution in [2.75, 3.05) is 11.9 Å². The Labute approximate surface area is 141 Å². The minimum atomic E-state index is -0.583. The van der Waals surface area contributed by atoms with Crippen molar-refractivity contribution >= 4 is 29.3 Å². The molecule has 126 valence electrons. The SMILES string of the molecule is C/C(NC(=O)OC(C)(C)C)=C(\C)C(=N)N(C)c1ccnc(Cl)n1. The van der Waals surface area contributed by atoms with Gasteiger partial charge in [-0.05, 0) is 52.3 Å². The van der Waals surface area contributed by atoms with Crippen LogP contribution >= 0.6 is 11.6 Å². The molecule has 1 amide bonds. The smallest absolute Gasteiger partial charge is 0.411 e. The Morgan fingerprint density at radius 1 is 1.39 bits per heavy atom. The second-order valence-electron chi connectivity index (χ2n) is 5.97. The van der Waals surface area contributed by atoms with E-state index in [0.29, 0.717) is 17.1 Å². The number of aromatic nitrogens is 2. The largest absolute Gasteiger partial charge is 0.444 e. The second-order valence-corrected chi connectivity index (χ2v) is 6.31. The third kappa shape index (κ3) is 5.86. The number of ether oxygens (including phenoxy) is 1. The fourth-order valence-electron chi connectivity index (χ4n) is 1.61. The Balaban J connectivity index is 2.86. The predicted molar refractivity (Wildman–Crippen MR) is 90.9 cm³/mol. The maximum absolute atomic E-state index is 11.8. The summed E-state index contributed by atoms with van der Waals surface area (Å²) in [4.78, 5) is 21.2. The summed E-state index contributed by atoms with van der Waals surface area (Å²) in [6.45, 7) is 8.79. The predicted octanol–water partition coefficient (Wildman–Crippen LogP) is 3.36. The van der Waals surface area contributed by atoms with Crippen molar-refractivity contribution in [3.8, 4) is 0 Å². The fourth-order valence-corrected chi connectivity index (χ4v) is 1.75. The minimum absolute atomic E-state index is 0.104. The number of rotatable bonds is 3. The number of hydrogen-bond acceptors (Lipinski definition) is 5. The van der Waals surface area contributed by atoms with Crippen LogP contribution in [-0.4, -0.2) is 34.5 Å². The average molecular weight is 340 g/mol. The molecule has 0 saturated carbocycles. The first kappa shape index (κ1) is 18.9. The number of hydrogen-bond donors (Lipinski definition) is 2. The third-order valence-corrected chi connectivity index (χ3v) is 3.08. The molecule has 0 radical (unpaired) electrons. The number of carbonyl (C=O) groups excluding carboxylic acids is 1. The third-order valence-electron chi connectivity index (χ3n) is 2.90. The fraction of sp³-hybridized carbons (Fsp3) is 0.467. The van der Waals surface area contributed by atoms with Crippen molar-refractivity contribution in [1.82, 2.24) is 15.3 Å². The number of amidine groups is 1. The number of amides is 1. The summed E-state index contributed by atoms with van der Waals surface area (Å²) < 4.78 is 5.19. The number of anilines is 1. The zero-order chi connectivity index (χ0) is 17.8. The van der Waals surface area contributed by atoms with Gasteiger partial charge in [0.1, 0.15) is 17.3 Å². The summed E-state index contributed by atoms with van der Waals surface area (Å²) in [5.41, 5.74) is 0.518. The van der Waals surface area contributed by atoms with Crippen LogP contribution in [0.5, 0.6) is 0 Å². The van der Waals surface area contributed by atoms with Crippen molar-refractivity contribution in [2.24, 2.45) is 0 Å². The molecule has 7 nitrogen and oxygen atoms in total. The Morgan fingerprint density at radius 3 is 2.52 bits per heavy atom. The molecule has 8 heteroatoms. The van der Waals surface area contributed by atoms with Crippen molar-refractivity contribution in [2.45, 2.75) is 40.2 Å². The Morgan fingerprint density at radius 2 is 2.00 bits per heavy atom. The monoisotopic (exact) mass is 339 g/mol. The first-order chi connectivity index (χ1) is 10.5. The Bertz CT molecular complexity index is 637. The highest BCUT2D eigenvalue weighted by Gasteiger charge is 2.18. The maximum atomic E-state index is 11.8. The molecule has 0 aliphatic carbocycles. The lowest BCUT2D eigenvalue weighted by Crippen LogP contribution is -2.34. The molecule has 0 spiro atoms. The molecule has 23 heavy (non-hydrogen) atoms. The Hall–Kier alpha value is -2.15. The van der Waals surface area contributed by atoms with Gasteiger partial charge in [0.15, 0.2) is 0 Å². The van der Waals surface area contributed by atoms with Gasteiger partial charge in [0.25, 0.3) is 0 Å². The van der Waals surface area contributed by atoms with Gasteiger partial charge in [-0.2, -0.15) is 0 Å². The molecular weight excluding hydrogens is 318 g/mol. The maximum Gasteiger partial charge on any atom is 0.411 e. The van der Waals surface area contributed by atoms with Crippen molar-refractivity contribution < 1.29 is 9.53 Å². The van der Waals surface area contributed by atoms with E-state index in [1.54, 1.807) is 52.6 Å². The zero-order valence-electron chi connectivity index (χ0n) is 14.2. The average Bonchev–Trinajstić information content (AvgIpc) is 2.42. The molecule has 1 aromatic rings. The molecule has 1 aromatic heterocycles. The van der Waals surface area contributed by atoms with Crippen LogP contribution in [0.25, 0.3) is 0 Å². The molecule has 1 rings (SSSR count). The van der Waals surface area contributed by atoms with E-state index in [1.165, 1.54) is 6.20 Å². The van der Waals surface area contributed by atoms with E-state index in [1.807, 2.05) is 0 Å². The number of likely N-dealkylation sites (N-methyl/N-ethyl adjacent to an activating group) is 1. The topological polar surface area (TPSA) is 91.2 Å². The molecule has 0 atom stereocenters. The summed E-state index contributed by atoms with van der Waals surface area (Å²) in [7, 11) is 1.69. The van der Waals surface area contributed by atoms with Gasteiger partial charge >= 0.3 is 6.09 Å². The molecule has 0 bridgehead atoms. The van der Waals surface area contributed by atoms with E-state index in [9.17, 15) is 4.79 Å². The molecule has 0 saturated heterocycles. The van der Waals surface area contributed by atoms with Gasteiger partial charge in [-0.1, -0.05) is 0 Å². The van der Waals surface area contributed by atoms with Gasteiger partial charge in [-0.25, -0.2) is 14.8 Å². The minimum Gasteiger partial charge on any atom is -0.444 e. The number of nitrogens with zero attached hydrogens (tertiary/aromatic N) is 3. The molecule has 0 aromatic carbocycles. The summed E-state index contributed by atoms with van der Waals surface area (Å²) in [5.74, 6) is 0.660. The number of carbonyl (C=O) groups is 1. The molecule has 2 N–H and O–H groups in total. The van der Waals surface area contributed by atoms with Crippen molar-refractivity contribution in [1.29, 1.82) is 5.41 Å². The first-order valence-electron chi connectivity index (χ1n) is 7.00. The van der Waals surface area contributed by atoms with E-state index >= 15 is 0 Å². The van der Waals surface area contributed by atoms with Crippen molar-refractivity contribution in [3.63, 3.8) is 0 Å². The van der Waals surface area contributed by atoms with Gasteiger partial charge in [0.05, 0.1) is 0 Å². The molecule has 0 fully saturated rings. The van der Waals surface area contributed by atoms with Crippen molar-refractivity contribution in [3.05, 3.63) is 28.8 Å². The molecular formula is C15H22ClN5O2. The van der Waals surface area contributed by atoms with Gasteiger partial charge < -0.3 is 9.64 Å². The summed E-state index contributed by atoms with van der Waals surface area (Å²) in [6.07, 6.45) is 0.953. The van der Waals surface area contributed by atoms with E-state index in [-0.39, 0.29) is 11.1 Å². The van der Waals surface area contributed by atoms with Crippen LogP contribution in [0.4, 0.5) is 10.6 Å². The van der Waals surface area contributed by atoms with Crippen LogP contribution < -0.4 is 10.2 Å². The van der Waals surface area contributed by atoms with E-state index in [0.717, 1.165) is 0 Å². The molecule has 0 unspecified atom stereocenters. The standard InChI is InChI=1S/C15H22ClN5O2/c1-9(10(2)19-14(22)23-15(3,4)5)12(17)21(6)11-7-8-18-13(16)20-11/h7-8,17H,1-6H3,(H,19,22)/b10-9-,17-12?. The van der Waals surface area contributed by atoms with Crippen LogP contribution in [0, 0.1) is 5.41 Å². The van der Waals surface area contributed by atoms with Crippen LogP contribution in [0.2, 0.25) is 5.28 Å². The van der Waals surface area contributed by atoms with E-state index < -0.39 is 11.7 Å².